The van der Waals surface area contributed by atoms with Gasteiger partial charge in [-0.2, -0.15) is 8.42 Å². The first-order valence-electron chi connectivity index (χ1n) is 10.1. The van der Waals surface area contributed by atoms with Crippen LogP contribution in [0.5, 0.6) is 5.75 Å². The van der Waals surface area contributed by atoms with E-state index in [1.165, 1.54) is 5.56 Å². The number of piperazine rings is 1. The van der Waals surface area contributed by atoms with Crippen LogP contribution < -0.4 is 9.08 Å². The molecule has 2 aromatic carbocycles. The lowest BCUT2D eigenvalue weighted by atomic mass is 9.92. The van der Waals surface area contributed by atoms with Crippen molar-refractivity contribution < 1.29 is 17.4 Å². The van der Waals surface area contributed by atoms with Crippen molar-refractivity contribution in [2.75, 3.05) is 31.1 Å². The summed E-state index contributed by atoms with van der Waals surface area (Å²) < 4.78 is 30.8. The minimum absolute atomic E-state index is 0.0979. The molecule has 1 aliphatic carbocycles. The number of hydrogen-bond acceptors (Lipinski definition) is 5. The molecule has 1 aliphatic heterocycles. The van der Waals surface area contributed by atoms with Crippen LogP contribution in [0.2, 0.25) is 0 Å². The first-order valence-corrected chi connectivity index (χ1v) is 11.5. The number of aryl methyl sites for hydroxylation is 2. The fourth-order valence-electron chi connectivity index (χ4n) is 4.03. The summed E-state index contributed by atoms with van der Waals surface area (Å²) in [5.41, 5.74) is 3.34. The van der Waals surface area contributed by atoms with Crippen LogP contribution in [0.15, 0.2) is 47.4 Å². The van der Waals surface area contributed by atoms with Crippen LogP contribution in [-0.2, 0) is 27.8 Å². The Morgan fingerprint density at radius 1 is 0.897 bits per heavy atom. The number of nitrogens with zero attached hydrogens (tertiary/aromatic N) is 2. The highest BCUT2D eigenvalue weighted by Gasteiger charge is 2.21. The number of fused-ring (bicyclic) bond motifs is 1. The minimum atomic E-state index is -3.86. The molecule has 29 heavy (non-hydrogen) atoms. The number of anilines is 1. The summed E-state index contributed by atoms with van der Waals surface area (Å²) in [5.74, 6) is 0.398. The lowest BCUT2D eigenvalue weighted by molar-refractivity contribution is -0.129. The Bertz CT molecular complexity index is 994. The lowest BCUT2D eigenvalue weighted by Crippen LogP contribution is -2.48. The van der Waals surface area contributed by atoms with E-state index >= 15 is 0 Å². The molecule has 1 saturated heterocycles. The molecule has 1 amide bonds. The molecule has 6 nitrogen and oxygen atoms in total. The number of hydrogen-bond donors (Lipinski definition) is 0. The Morgan fingerprint density at radius 3 is 2.21 bits per heavy atom. The highest BCUT2D eigenvalue weighted by atomic mass is 32.2. The monoisotopic (exact) mass is 414 g/mol. The average molecular weight is 415 g/mol. The van der Waals surface area contributed by atoms with Crippen molar-refractivity contribution in [3.8, 4) is 5.75 Å². The van der Waals surface area contributed by atoms with E-state index in [4.69, 9.17) is 4.18 Å². The summed E-state index contributed by atoms with van der Waals surface area (Å²) >= 11 is 0. The number of carbonyl (C=O) groups excluding carboxylic acids is 1. The summed E-state index contributed by atoms with van der Waals surface area (Å²) in [4.78, 5) is 15.7. The van der Waals surface area contributed by atoms with Crippen molar-refractivity contribution in [2.24, 2.45) is 0 Å². The molecular formula is C22H26N2O4S. The molecule has 0 spiro atoms. The Labute approximate surface area is 172 Å². The van der Waals surface area contributed by atoms with Gasteiger partial charge in [0.1, 0.15) is 10.6 Å². The molecule has 0 N–H and O–H groups in total. The van der Waals surface area contributed by atoms with Crippen LogP contribution in [-0.4, -0.2) is 45.4 Å². The van der Waals surface area contributed by atoms with Crippen LogP contribution in [0.25, 0.3) is 0 Å². The van der Waals surface area contributed by atoms with E-state index in [0.717, 1.165) is 50.0 Å². The molecule has 1 heterocycles. The fourth-order valence-corrected chi connectivity index (χ4v) is 5.01. The first-order chi connectivity index (χ1) is 13.9. The van der Waals surface area contributed by atoms with Gasteiger partial charge in [-0.3, -0.25) is 4.79 Å². The van der Waals surface area contributed by atoms with Gasteiger partial charge in [-0.15, -0.1) is 0 Å². The van der Waals surface area contributed by atoms with Gasteiger partial charge < -0.3 is 14.0 Å². The zero-order valence-corrected chi connectivity index (χ0v) is 17.5. The molecule has 7 heteroatoms. The lowest BCUT2D eigenvalue weighted by Gasteiger charge is -2.35. The van der Waals surface area contributed by atoms with Gasteiger partial charge in [0.05, 0.1) is 0 Å². The van der Waals surface area contributed by atoms with E-state index in [1.807, 2.05) is 23.1 Å². The molecule has 0 radical (unpaired) electrons. The van der Waals surface area contributed by atoms with Crippen LogP contribution in [0.4, 0.5) is 5.69 Å². The maximum Gasteiger partial charge on any atom is 0.339 e. The Morgan fingerprint density at radius 2 is 1.55 bits per heavy atom. The Hall–Kier alpha value is -2.54. The van der Waals surface area contributed by atoms with Crippen molar-refractivity contribution in [1.29, 1.82) is 0 Å². The predicted molar refractivity (Wildman–Crippen MR) is 112 cm³/mol. The van der Waals surface area contributed by atoms with E-state index < -0.39 is 10.1 Å². The van der Waals surface area contributed by atoms with Gasteiger partial charge in [-0.1, -0.05) is 6.07 Å². The summed E-state index contributed by atoms with van der Waals surface area (Å²) in [6, 6.07) is 12.4. The molecule has 0 atom stereocenters. The number of amides is 1. The third-order valence-electron chi connectivity index (χ3n) is 5.74. The zero-order chi connectivity index (χ0) is 20.4. The third kappa shape index (κ3) is 4.40. The maximum atomic E-state index is 12.7. The molecule has 2 aromatic rings. The van der Waals surface area contributed by atoms with E-state index in [1.54, 1.807) is 31.2 Å². The summed E-state index contributed by atoms with van der Waals surface area (Å²) in [6.45, 7) is 4.49. The molecule has 2 aliphatic rings. The average Bonchev–Trinajstić information content (AvgIpc) is 2.74. The number of rotatable bonds is 4. The van der Waals surface area contributed by atoms with E-state index in [-0.39, 0.29) is 10.8 Å². The topological polar surface area (TPSA) is 66.9 Å². The van der Waals surface area contributed by atoms with Crippen LogP contribution >= 0.6 is 0 Å². The SMILES string of the molecule is CC(=O)N1CCN(c2ccc(OS(=O)(=O)c3ccc4c(c3)CCCC4)cc2)CC1. The smallest absolute Gasteiger partial charge is 0.339 e. The van der Waals surface area contributed by atoms with Gasteiger partial charge in [-0.25, -0.2) is 0 Å². The Balaban J connectivity index is 1.44. The van der Waals surface area contributed by atoms with Crippen molar-refractivity contribution in [3.63, 3.8) is 0 Å². The quantitative estimate of drug-likeness (QED) is 0.720. The van der Waals surface area contributed by atoms with Gasteiger partial charge in [0.2, 0.25) is 5.91 Å². The molecule has 0 saturated carbocycles. The summed E-state index contributed by atoms with van der Waals surface area (Å²) in [7, 11) is -3.86. The van der Waals surface area contributed by atoms with Gasteiger partial charge in [0, 0.05) is 38.8 Å². The van der Waals surface area contributed by atoms with Gasteiger partial charge >= 0.3 is 10.1 Å². The molecule has 0 aromatic heterocycles. The molecular weight excluding hydrogens is 388 g/mol. The summed E-state index contributed by atoms with van der Waals surface area (Å²) in [5, 5.41) is 0. The van der Waals surface area contributed by atoms with Gasteiger partial charge in [0.15, 0.2) is 0 Å². The van der Waals surface area contributed by atoms with E-state index in [2.05, 4.69) is 4.90 Å². The molecule has 0 unspecified atom stereocenters. The second-order valence-corrected chi connectivity index (χ2v) is 9.21. The fraction of sp³-hybridized carbons (Fsp3) is 0.409. The van der Waals surface area contributed by atoms with Crippen LogP contribution in [0.1, 0.15) is 30.9 Å². The largest absolute Gasteiger partial charge is 0.379 e. The molecule has 154 valence electrons. The molecule has 1 fully saturated rings. The van der Waals surface area contributed by atoms with Crippen molar-refractivity contribution in [1.82, 2.24) is 4.90 Å². The van der Waals surface area contributed by atoms with Gasteiger partial charge in [-0.05, 0) is 73.2 Å². The normalized spacial score (nSPS) is 17.0. The van der Waals surface area contributed by atoms with Crippen molar-refractivity contribution in [2.45, 2.75) is 37.5 Å². The zero-order valence-electron chi connectivity index (χ0n) is 16.6. The van der Waals surface area contributed by atoms with Crippen molar-refractivity contribution >= 4 is 21.7 Å². The number of carbonyl (C=O) groups is 1. The minimum Gasteiger partial charge on any atom is -0.379 e. The van der Waals surface area contributed by atoms with Crippen LogP contribution in [0, 0.1) is 0 Å². The van der Waals surface area contributed by atoms with E-state index in [9.17, 15) is 13.2 Å². The Kier molecular flexibility index (Phi) is 5.50. The highest BCUT2D eigenvalue weighted by molar-refractivity contribution is 7.87. The second kappa shape index (κ2) is 8.06. The third-order valence-corrected chi connectivity index (χ3v) is 6.98. The van der Waals surface area contributed by atoms with Crippen molar-refractivity contribution in [3.05, 3.63) is 53.6 Å². The first kappa shape index (κ1) is 19.8. The van der Waals surface area contributed by atoms with E-state index in [0.29, 0.717) is 18.8 Å². The second-order valence-electron chi connectivity index (χ2n) is 7.66. The molecule has 0 bridgehead atoms. The summed E-state index contributed by atoms with van der Waals surface area (Å²) in [6.07, 6.45) is 4.19. The predicted octanol–water partition coefficient (Wildman–Crippen LogP) is 3.00. The standard InChI is InChI=1S/C22H26N2O4S/c1-17(25)23-12-14-24(15-13-23)20-7-9-21(10-8-20)28-29(26,27)22-11-6-18-4-2-3-5-19(18)16-22/h6-11,16H,2-5,12-15H2,1H3. The highest BCUT2D eigenvalue weighted by Crippen LogP contribution is 2.27. The number of benzene rings is 2. The molecule has 4 rings (SSSR count). The van der Waals surface area contributed by atoms with Crippen LogP contribution in [0.3, 0.4) is 0 Å². The van der Waals surface area contributed by atoms with Gasteiger partial charge in [0.25, 0.3) is 0 Å². The maximum absolute atomic E-state index is 12.7.